The van der Waals surface area contributed by atoms with E-state index in [2.05, 4.69) is 11.0 Å². The molecule has 0 bridgehead atoms. The van der Waals surface area contributed by atoms with Crippen LogP contribution in [-0.4, -0.2) is 47.0 Å². The minimum atomic E-state index is 0.0905. The third-order valence-corrected chi connectivity index (χ3v) is 5.50. The van der Waals surface area contributed by atoms with Gasteiger partial charge >= 0.3 is 0 Å². The molecular formula is C25H22N4O. The molecule has 1 aromatic heterocycles. The Balaban J connectivity index is 1.43. The molecule has 5 rings (SSSR count). The molecule has 1 aliphatic heterocycles. The highest BCUT2D eigenvalue weighted by Gasteiger charge is 2.24. The van der Waals surface area contributed by atoms with E-state index >= 15 is 0 Å². The number of benzene rings is 3. The molecule has 0 spiro atoms. The molecule has 0 saturated carbocycles. The Morgan fingerprint density at radius 2 is 1.33 bits per heavy atom. The molecule has 1 aliphatic rings. The lowest BCUT2D eigenvalue weighted by atomic mass is 10.1. The number of para-hydroxylation sites is 1. The number of amides is 1. The zero-order valence-corrected chi connectivity index (χ0v) is 16.6. The summed E-state index contributed by atoms with van der Waals surface area (Å²) < 4.78 is 0. The number of nitrogens with zero attached hydrogens (tertiary/aromatic N) is 4. The molecule has 0 unspecified atom stereocenters. The summed E-state index contributed by atoms with van der Waals surface area (Å²) in [5.74, 6) is 1.76. The van der Waals surface area contributed by atoms with Crippen LogP contribution in [0.5, 0.6) is 0 Å². The fourth-order valence-electron chi connectivity index (χ4n) is 3.90. The highest BCUT2D eigenvalue weighted by Crippen LogP contribution is 2.28. The lowest BCUT2D eigenvalue weighted by Crippen LogP contribution is -2.49. The first-order valence-electron chi connectivity index (χ1n) is 10.2. The molecule has 30 heavy (non-hydrogen) atoms. The second-order valence-electron chi connectivity index (χ2n) is 7.40. The van der Waals surface area contributed by atoms with Crippen molar-refractivity contribution in [2.75, 3.05) is 31.1 Å². The largest absolute Gasteiger partial charge is 0.352 e. The van der Waals surface area contributed by atoms with Crippen molar-refractivity contribution in [2.45, 2.75) is 0 Å². The minimum absolute atomic E-state index is 0.0905. The molecule has 0 radical (unpaired) electrons. The van der Waals surface area contributed by atoms with E-state index in [0.717, 1.165) is 46.8 Å². The van der Waals surface area contributed by atoms with Gasteiger partial charge in [-0.05, 0) is 24.3 Å². The van der Waals surface area contributed by atoms with Gasteiger partial charge in [0.1, 0.15) is 5.82 Å². The third-order valence-electron chi connectivity index (χ3n) is 5.50. The van der Waals surface area contributed by atoms with Crippen LogP contribution in [0.25, 0.3) is 22.3 Å². The lowest BCUT2D eigenvalue weighted by molar-refractivity contribution is 0.0746. The van der Waals surface area contributed by atoms with Crippen molar-refractivity contribution in [3.8, 4) is 11.4 Å². The van der Waals surface area contributed by atoms with Gasteiger partial charge in [-0.1, -0.05) is 60.7 Å². The van der Waals surface area contributed by atoms with Crippen molar-refractivity contribution < 1.29 is 4.79 Å². The predicted molar refractivity (Wildman–Crippen MR) is 120 cm³/mol. The van der Waals surface area contributed by atoms with Crippen LogP contribution in [0.4, 0.5) is 5.82 Å². The normalized spacial score (nSPS) is 14.1. The van der Waals surface area contributed by atoms with Gasteiger partial charge < -0.3 is 9.80 Å². The first-order valence-corrected chi connectivity index (χ1v) is 10.2. The van der Waals surface area contributed by atoms with Gasteiger partial charge in [-0.25, -0.2) is 9.97 Å². The maximum Gasteiger partial charge on any atom is 0.253 e. The highest BCUT2D eigenvalue weighted by atomic mass is 16.2. The average molecular weight is 394 g/mol. The molecule has 0 atom stereocenters. The van der Waals surface area contributed by atoms with E-state index in [4.69, 9.17) is 9.97 Å². The fraction of sp³-hybridized carbons (Fsp3) is 0.160. The SMILES string of the molecule is O=C(c1ccccc1)N1CCN(c2nc(-c3ccccc3)nc3ccccc23)CC1. The number of piperazine rings is 1. The Morgan fingerprint density at radius 3 is 2.07 bits per heavy atom. The summed E-state index contributed by atoms with van der Waals surface area (Å²) in [4.78, 5) is 26.7. The molecular weight excluding hydrogens is 372 g/mol. The molecule has 2 heterocycles. The number of hydrogen-bond acceptors (Lipinski definition) is 4. The topological polar surface area (TPSA) is 49.3 Å². The lowest BCUT2D eigenvalue weighted by Gasteiger charge is -2.36. The van der Waals surface area contributed by atoms with E-state index in [1.165, 1.54) is 0 Å². The van der Waals surface area contributed by atoms with Gasteiger partial charge in [-0.3, -0.25) is 4.79 Å². The summed E-state index contributed by atoms with van der Waals surface area (Å²) in [6, 6.07) is 27.7. The molecule has 1 fully saturated rings. The number of rotatable bonds is 3. The maximum atomic E-state index is 12.8. The van der Waals surface area contributed by atoms with Crippen LogP contribution in [-0.2, 0) is 0 Å². The molecule has 148 valence electrons. The summed E-state index contributed by atoms with van der Waals surface area (Å²) in [5, 5.41) is 1.04. The fourth-order valence-corrected chi connectivity index (χ4v) is 3.90. The van der Waals surface area contributed by atoms with Gasteiger partial charge in [0, 0.05) is 42.7 Å². The van der Waals surface area contributed by atoms with Crippen LogP contribution in [0.1, 0.15) is 10.4 Å². The van der Waals surface area contributed by atoms with Crippen molar-refractivity contribution in [1.29, 1.82) is 0 Å². The second-order valence-corrected chi connectivity index (χ2v) is 7.40. The number of hydrogen-bond donors (Lipinski definition) is 0. The summed E-state index contributed by atoms with van der Waals surface area (Å²) in [6.45, 7) is 2.83. The highest BCUT2D eigenvalue weighted by molar-refractivity contribution is 5.95. The summed E-state index contributed by atoms with van der Waals surface area (Å²) in [5.41, 5.74) is 2.68. The maximum absolute atomic E-state index is 12.8. The zero-order chi connectivity index (χ0) is 20.3. The van der Waals surface area contributed by atoms with Crippen LogP contribution in [0, 0.1) is 0 Å². The van der Waals surface area contributed by atoms with E-state index in [0.29, 0.717) is 13.1 Å². The van der Waals surface area contributed by atoms with E-state index in [9.17, 15) is 4.79 Å². The predicted octanol–water partition coefficient (Wildman–Crippen LogP) is 4.26. The molecule has 4 aromatic rings. The Kier molecular flexibility index (Phi) is 4.85. The van der Waals surface area contributed by atoms with Crippen LogP contribution >= 0.6 is 0 Å². The first-order chi connectivity index (χ1) is 14.8. The molecule has 1 amide bonds. The molecule has 1 saturated heterocycles. The van der Waals surface area contributed by atoms with Gasteiger partial charge in [-0.2, -0.15) is 0 Å². The van der Waals surface area contributed by atoms with Crippen LogP contribution in [0.15, 0.2) is 84.9 Å². The van der Waals surface area contributed by atoms with Gasteiger partial charge in [0.2, 0.25) is 0 Å². The molecule has 0 aliphatic carbocycles. The number of aromatic nitrogens is 2. The van der Waals surface area contributed by atoms with E-state index < -0.39 is 0 Å². The molecule has 5 nitrogen and oxygen atoms in total. The second kappa shape index (κ2) is 7.95. The molecule has 3 aromatic carbocycles. The molecule has 5 heteroatoms. The summed E-state index contributed by atoms with van der Waals surface area (Å²) in [6.07, 6.45) is 0. The number of fused-ring (bicyclic) bond motifs is 1. The Hall–Kier alpha value is -3.73. The van der Waals surface area contributed by atoms with Gasteiger partial charge in [0.15, 0.2) is 5.82 Å². The van der Waals surface area contributed by atoms with E-state index in [1.807, 2.05) is 83.8 Å². The Morgan fingerprint density at radius 1 is 0.700 bits per heavy atom. The van der Waals surface area contributed by atoms with E-state index in [-0.39, 0.29) is 5.91 Å². The Labute approximate surface area is 175 Å². The van der Waals surface area contributed by atoms with Gasteiger partial charge in [-0.15, -0.1) is 0 Å². The first kappa shape index (κ1) is 18.3. The number of carbonyl (C=O) groups excluding carboxylic acids is 1. The van der Waals surface area contributed by atoms with E-state index in [1.54, 1.807) is 0 Å². The van der Waals surface area contributed by atoms with Crippen molar-refractivity contribution in [3.63, 3.8) is 0 Å². The smallest absolute Gasteiger partial charge is 0.253 e. The number of carbonyl (C=O) groups is 1. The van der Waals surface area contributed by atoms with Gasteiger partial charge in [0.05, 0.1) is 5.52 Å². The van der Waals surface area contributed by atoms with Crippen LogP contribution in [0.3, 0.4) is 0 Å². The monoisotopic (exact) mass is 394 g/mol. The quantitative estimate of drug-likeness (QED) is 0.521. The number of anilines is 1. The van der Waals surface area contributed by atoms with Crippen molar-refractivity contribution in [3.05, 3.63) is 90.5 Å². The van der Waals surface area contributed by atoms with Crippen molar-refractivity contribution in [2.24, 2.45) is 0 Å². The van der Waals surface area contributed by atoms with Crippen LogP contribution in [0.2, 0.25) is 0 Å². The van der Waals surface area contributed by atoms with Crippen molar-refractivity contribution >= 4 is 22.6 Å². The zero-order valence-electron chi connectivity index (χ0n) is 16.6. The summed E-state index contributed by atoms with van der Waals surface area (Å²) in [7, 11) is 0. The van der Waals surface area contributed by atoms with Gasteiger partial charge in [0.25, 0.3) is 5.91 Å². The average Bonchev–Trinajstić information content (AvgIpc) is 2.84. The summed E-state index contributed by atoms with van der Waals surface area (Å²) >= 11 is 0. The Bertz CT molecular complexity index is 1170. The van der Waals surface area contributed by atoms with Crippen LogP contribution < -0.4 is 4.90 Å². The standard InChI is InChI=1S/C25H22N4O/c30-25(20-11-5-2-6-12-20)29-17-15-28(16-18-29)24-21-13-7-8-14-22(21)26-23(27-24)19-9-3-1-4-10-19/h1-14H,15-18H2. The van der Waals surface area contributed by atoms with Crippen molar-refractivity contribution in [1.82, 2.24) is 14.9 Å². The minimum Gasteiger partial charge on any atom is -0.352 e. The molecule has 0 N–H and O–H groups in total. The third kappa shape index (κ3) is 3.50.